The zero-order valence-corrected chi connectivity index (χ0v) is 17.0. The van der Waals surface area contributed by atoms with E-state index >= 15 is 0 Å². The maximum atomic E-state index is 10.7. The van der Waals surface area contributed by atoms with E-state index in [0.717, 1.165) is 24.7 Å². The van der Waals surface area contributed by atoms with Crippen molar-refractivity contribution in [2.45, 2.75) is 96.8 Å². The van der Waals surface area contributed by atoms with Gasteiger partial charge in [-0.25, -0.2) is 4.79 Å². The summed E-state index contributed by atoms with van der Waals surface area (Å²) in [5.74, 6) is 1.14. The van der Waals surface area contributed by atoms with Crippen LogP contribution in [-0.2, 0) is 4.79 Å². The lowest BCUT2D eigenvalue weighted by atomic mass is 9.87. The van der Waals surface area contributed by atoms with Crippen molar-refractivity contribution in [1.29, 1.82) is 0 Å². The number of aliphatic carboxylic acids is 1. The molecule has 0 amide bonds. The van der Waals surface area contributed by atoms with E-state index in [1.165, 1.54) is 77.0 Å². The summed E-state index contributed by atoms with van der Waals surface area (Å²) in [6.07, 6.45) is 20.8. The van der Waals surface area contributed by atoms with E-state index in [-0.39, 0.29) is 0 Å². The van der Waals surface area contributed by atoms with Crippen LogP contribution in [0.4, 0.5) is 0 Å². The van der Waals surface area contributed by atoms with Crippen LogP contribution in [0.15, 0.2) is 9.66 Å². The van der Waals surface area contributed by atoms with Crippen LogP contribution in [-0.4, -0.2) is 11.1 Å². The Kier molecular flexibility index (Phi) is 12.1. The summed E-state index contributed by atoms with van der Waals surface area (Å²) in [6, 6.07) is 0. The van der Waals surface area contributed by atoms with Crippen molar-refractivity contribution >= 4 is 28.6 Å². The Labute approximate surface area is 156 Å². The summed E-state index contributed by atoms with van der Waals surface area (Å²) in [5, 5.41) is 8.82. The lowest BCUT2D eigenvalue weighted by Gasteiger charge is -2.19. The van der Waals surface area contributed by atoms with Crippen molar-refractivity contribution in [3.8, 4) is 0 Å². The molecule has 0 aromatic heterocycles. The Morgan fingerprint density at radius 1 is 1.00 bits per heavy atom. The first kappa shape index (κ1) is 21.0. The van der Waals surface area contributed by atoms with Gasteiger partial charge < -0.3 is 5.11 Å². The van der Waals surface area contributed by atoms with Crippen molar-refractivity contribution < 1.29 is 9.90 Å². The van der Waals surface area contributed by atoms with Crippen molar-refractivity contribution in [2.75, 3.05) is 0 Å². The normalized spacial score (nSPS) is 21.7. The zero-order valence-electron chi connectivity index (χ0n) is 14.9. The molecule has 1 aliphatic rings. The van der Waals surface area contributed by atoms with E-state index in [4.69, 9.17) is 5.11 Å². The Bertz CT molecular complexity index is 352. The third-order valence-electron chi connectivity index (χ3n) is 5.30. The van der Waals surface area contributed by atoms with Crippen LogP contribution in [0.3, 0.4) is 0 Å². The van der Waals surface area contributed by atoms with Crippen LogP contribution in [0.5, 0.6) is 0 Å². The lowest BCUT2D eigenvalue weighted by Crippen LogP contribution is -2.08. The van der Waals surface area contributed by atoms with E-state index in [1.54, 1.807) is 0 Å². The summed E-state index contributed by atoms with van der Waals surface area (Å²) < 4.78 is 0.462. The van der Waals surface area contributed by atoms with E-state index < -0.39 is 5.97 Å². The molecule has 0 spiro atoms. The molecule has 0 radical (unpaired) electrons. The fourth-order valence-corrected chi connectivity index (χ4v) is 4.24. The Morgan fingerprint density at radius 3 is 2.17 bits per heavy atom. The SMILES string of the molecule is CCCCCCCC[C@H]1CCC[C@@H]1CCCCC=C(I)C(=O)O. The molecule has 1 fully saturated rings. The largest absolute Gasteiger partial charge is 0.477 e. The number of hydrogen-bond acceptors (Lipinski definition) is 1. The molecule has 0 saturated heterocycles. The van der Waals surface area contributed by atoms with Gasteiger partial charge in [-0.1, -0.05) is 90.0 Å². The topological polar surface area (TPSA) is 37.3 Å². The Hall–Kier alpha value is -0.0600. The van der Waals surface area contributed by atoms with E-state index in [0.29, 0.717) is 3.58 Å². The molecule has 1 rings (SSSR count). The average Bonchev–Trinajstić information content (AvgIpc) is 2.97. The van der Waals surface area contributed by atoms with Crippen LogP contribution in [0, 0.1) is 11.8 Å². The molecule has 23 heavy (non-hydrogen) atoms. The number of allylic oxidation sites excluding steroid dienone is 1. The van der Waals surface area contributed by atoms with Gasteiger partial charge in [0.2, 0.25) is 0 Å². The van der Waals surface area contributed by atoms with E-state index in [2.05, 4.69) is 6.92 Å². The number of halogens is 1. The van der Waals surface area contributed by atoms with Gasteiger partial charge in [-0.05, 0) is 47.3 Å². The van der Waals surface area contributed by atoms with Gasteiger partial charge in [-0.15, -0.1) is 0 Å². The number of carboxylic acid groups (broad SMARTS) is 1. The number of rotatable bonds is 13. The fraction of sp³-hybridized carbons (Fsp3) is 0.850. The monoisotopic (exact) mass is 434 g/mol. The summed E-state index contributed by atoms with van der Waals surface area (Å²) in [6.45, 7) is 2.28. The summed E-state index contributed by atoms with van der Waals surface area (Å²) >= 11 is 1.91. The number of carbonyl (C=O) groups is 1. The summed E-state index contributed by atoms with van der Waals surface area (Å²) in [7, 11) is 0. The zero-order chi connectivity index (χ0) is 16.9. The second kappa shape index (κ2) is 13.3. The van der Waals surface area contributed by atoms with Gasteiger partial charge >= 0.3 is 5.97 Å². The molecule has 1 N–H and O–H groups in total. The second-order valence-electron chi connectivity index (χ2n) is 7.15. The first-order chi connectivity index (χ1) is 11.1. The number of carboxylic acids is 1. The highest BCUT2D eigenvalue weighted by molar-refractivity contribution is 14.1. The highest BCUT2D eigenvalue weighted by atomic mass is 127. The third kappa shape index (κ3) is 9.73. The minimum atomic E-state index is -0.791. The Morgan fingerprint density at radius 2 is 1.57 bits per heavy atom. The molecule has 2 atom stereocenters. The predicted octanol–water partition coefficient (Wildman–Crippen LogP) is 7.12. The van der Waals surface area contributed by atoms with Crippen molar-refractivity contribution in [3.63, 3.8) is 0 Å². The van der Waals surface area contributed by atoms with Gasteiger partial charge in [0.1, 0.15) is 0 Å². The molecule has 0 aromatic carbocycles. The second-order valence-corrected chi connectivity index (χ2v) is 8.31. The summed E-state index contributed by atoms with van der Waals surface area (Å²) in [5.41, 5.74) is 0. The number of unbranched alkanes of at least 4 members (excludes halogenated alkanes) is 7. The minimum Gasteiger partial charge on any atom is -0.477 e. The molecular weight excluding hydrogens is 399 g/mol. The van der Waals surface area contributed by atoms with Crippen LogP contribution in [0.25, 0.3) is 0 Å². The van der Waals surface area contributed by atoms with Gasteiger partial charge in [0.15, 0.2) is 0 Å². The van der Waals surface area contributed by atoms with Gasteiger partial charge in [0.25, 0.3) is 0 Å². The standard InChI is InChI=1S/C20H35IO2/c1-2-3-4-5-6-8-12-17-14-11-15-18(17)13-9-7-10-16-19(21)20(22)23/h16-18H,2-15H2,1H3,(H,22,23)/t17-,18-/m0/s1. The molecule has 0 heterocycles. The van der Waals surface area contributed by atoms with Crippen LogP contribution in [0.1, 0.15) is 96.8 Å². The molecule has 3 heteroatoms. The van der Waals surface area contributed by atoms with E-state index in [1.807, 2.05) is 28.7 Å². The summed E-state index contributed by atoms with van der Waals surface area (Å²) in [4.78, 5) is 10.7. The maximum absolute atomic E-state index is 10.7. The van der Waals surface area contributed by atoms with Gasteiger partial charge in [0.05, 0.1) is 3.58 Å². The molecule has 0 unspecified atom stereocenters. The number of hydrogen-bond donors (Lipinski definition) is 1. The van der Waals surface area contributed by atoms with Crippen molar-refractivity contribution in [3.05, 3.63) is 9.66 Å². The lowest BCUT2D eigenvalue weighted by molar-refractivity contribution is -0.131. The highest BCUT2D eigenvalue weighted by Gasteiger charge is 2.25. The first-order valence-electron chi connectivity index (χ1n) is 9.74. The molecule has 0 aliphatic heterocycles. The molecule has 1 aliphatic carbocycles. The van der Waals surface area contributed by atoms with Crippen molar-refractivity contribution in [1.82, 2.24) is 0 Å². The highest BCUT2D eigenvalue weighted by Crippen LogP contribution is 2.38. The molecule has 134 valence electrons. The molecule has 0 aromatic rings. The van der Waals surface area contributed by atoms with E-state index in [9.17, 15) is 4.79 Å². The predicted molar refractivity (Wildman–Crippen MR) is 107 cm³/mol. The average molecular weight is 434 g/mol. The van der Waals surface area contributed by atoms with Gasteiger partial charge in [0, 0.05) is 0 Å². The first-order valence-corrected chi connectivity index (χ1v) is 10.8. The van der Waals surface area contributed by atoms with Crippen molar-refractivity contribution in [2.24, 2.45) is 11.8 Å². The molecule has 0 bridgehead atoms. The smallest absolute Gasteiger partial charge is 0.341 e. The van der Waals surface area contributed by atoms with Crippen LogP contribution in [0.2, 0.25) is 0 Å². The maximum Gasteiger partial charge on any atom is 0.341 e. The fourth-order valence-electron chi connectivity index (χ4n) is 3.93. The third-order valence-corrected chi connectivity index (χ3v) is 6.20. The molecular formula is C20H35IO2. The Balaban J connectivity index is 2.08. The van der Waals surface area contributed by atoms with Gasteiger partial charge in [-0.2, -0.15) is 0 Å². The van der Waals surface area contributed by atoms with Gasteiger partial charge in [-0.3, -0.25) is 0 Å². The molecule has 1 saturated carbocycles. The van der Waals surface area contributed by atoms with Crippen LogP contribution < -0.4 is 0 Å². The molecule has 2 nitrogen and oxygen atoms in total. The minimum absolute atomic E-state index is 0.462. The van der Waals surface area contributed by atoms with Crippen LogP contribution >= 0.6 is 22.6 Å². The quantitative estimate of drug-likeness (QED) is 0.190.